The van der Waals surface area contributed by atoms with Crippen LogP contribution in [0, 0.1) is 5.41 Å². The Hall–Kier alpha value is -1.18. The van der Waals surface area contributed by atoms with Gasteiger partial charge in [0.2, 0.25) is 0 Å². The minimum atomic E-state index is 0.201. The van der Waals surface area contributed by atoms with Gasteiger partial charge in [0.25, 0.3) is 6.10 Å². The molecule has 1 aliphatic carbocycles. The molecule has 0 aliphatic heterocycles. The third-order valence-electron chi connectivity index (χ3n) is 1.23. The zero-order valence-electron chi connectivity index (χ0n) is 6.79. The summed E-state index contributed by atoms with van der Waals surface area (Å²) in [5.74, 6) is 0.830. The van der Waals surface area contributed by atoms with Crippen LogP contribution in [0.4, 0.5) is 0 Å². The van der Waals surface area contributed by atoms with Crippen molar-refractivity contribution in [2.45, 2.75) is 20.0 Å². The van der Waals surface area contributed by atoms with Crippen LogP contribution >= 0.6 is 0 Å². The Morgan fingerprint density at radius 3 is 2.18 bits per heavy atom. The highest BCUT2D eigenvalue weighted by Crippen LogP contribution is 1.95. The van der Waals surface area contributed by atoms with E-state index in [4.69, 9.17) is 9.83 Å². The third-order valence-corrected chi connectivity index (χ3v) is 1.23. The molecular formula is C9H12NO+. The first-order valence-electron chi connectivity index (χ1n) is 3.67. The molecule has 2 nitrogen and oxygen atoms in total. The van der Waals surface area contributed by atoms with Crippen LogP contribution in [-0.2, 0) is 4.42 Å². The number of allylic oxidation sites excluding steroid dienone is 4. The van der Waals surface area contributed by atoms with Crippen LogP contribution in [0.25, 0.3) is 0 Å². The normalized spacial score (nSPS) is 16.3. The van der Waals surface area contributed by atoms with Gasteiger partial charge in [-0.1, -0.05) is 0 Å². The maximum absolute atomic E-state index is 7.22. The van der Waals surface area contributed by atoms with Gasteiger partial charge in [-0.05, 0) is 12.2 Å². The summed E-state index contributed by atoms with van der Waals surface area (Å²) in [6, 6.07) is 0. The Bertz CT molecular complexity index is 228. The zero-order valence-corrected chi connectivity index (χ0v) is 6.79. The fourth-order valence-electron chi connectivity index (χ4n) is 0.806. The fraction of sp³-hybridized carbons (Fsp3) is 0.333. The van der Waals surface area contributed by atoms with Crippen molar-refractivity contribution in [1.29, 1.82) is 5.41 Å². The van der Waals surface area contributed by atoms with Crippen molar-refractivity contribution in [1.82, 2.24) is 0 Å². The molecule has 0 radical (unpaired) electrons. The lowest BCUT2D eigenvalue weighted by Gasteiger charge is -1.91. The second kappa shape index (κ2) is 3.28. The molecule has 11 heavy (non-hydrogen) atoms. The summed E-state index contributed by atoms with van der Waals surface area (Å²) in [6.45, 7) is 3.96. The molecule has 0 unspecified atom stereocenters. The van der Waals surface area contributed by atoms with Crippen molar-refractivity contribution >= 4 is 11.5 Å². The molecule has 58 valence electrons. The minimum absolute atomic E-state index is 0.201. The Morgan fingerprint density at radius 2 is 1.73 bits per heavy atom. The number of rotatable bonds is 1. The summed E-state index contributed by atoms with van der Waals surface area (Å²) in [5.41, 5.74) is 0.515. The lowest BCUT2D eigenvalue weighted by atomic mass is 10.2. The second-order valence-electron chi connectivity index (χ2n) is 2.69. The molecule has 0 heterocycles. The van der Waals surface area contributed by atoms with E-state index in [0.29, 0.717) is 5.71 Å². The van der Waals surface area contributed by atoms with Gasteiger partial charge in [-0.3, -0.25) is 4.42 Å². The standard InChI is InChI=1S/C9H12NO/c1-7(2)11-9-5-3-8(10)4-6-9/h3-7,10H,1-2H3/q+1. The van der Waals surface area contributed by atoms with Gasteiger partial charge in [-0.2, -0.15) is 0 Å². The van der Waals surface area contributed by atoms with E-state index in [1.807, 2.05) is 26.0 Å². The van der Waals surface area contributed by atoms with Gasteiger partial charge < -0.3 is 5.41 Å². The van der Waals surface area contributed by atoms with Gasteiger partial charge >= 0.3 is 5.78 Å². The van der Waals surface area contributed by atoms with Crippen molar-refractivity contribution in [2.75, 3.05) is 0 Å². The number of nitrogens with one attached hydrogen (secondary N) is 1. The first kappa shape index (κ1) is 7.92. The van der Waals surface area contributed by atoms with E-state index in [2.05, 4.69) is 0 Å². The highest BCUT2D eigenvalue weighted by atomic mass is 16.4. The van der Waals surface area contributed by atoms with Gasteiger partial charge in [0.1, 0.15) is 0 Å². The number of ketones is 1. The molecule has 0 fully saturated rings. The van der Waals surface area contributed by atoms with Crippen molar-refractivity contribution in [3.05, 3.63) is 24.3 Å². The zero-order chi connectivity index (χ0) is 8.27. The van der Waals surface area contributed by atoms with E-state index in [0.717, 1.165) is 5.78 Å². The van der Waals surface area contributed by atoms with Crippen LogP contribution in [0.1, 0.15) is 13.8 Å². The van der Waals surface area contributed by atoms with Crippen LogP contribution in [0.2, 0.25) is 0 Å². The molecule has 0 aromatic carbocycles. The summed E-state index contributed by atoms with van der Waals surface area (Å²) < 4.78 is 5.39. The second-order valence-corrected chi connectivity index (χ2v) is 2.69. The summed E-state index contributed by atoms with van der Waals surface area (Å²) in [5, 5.41) is 7.22. The number of hydrogen-bond donors (Lipinski definition) is 1. The summed E-state index contributed by atoms with van der Waals surface area (Å²) >= 11 is 0. The maximum atomic E-state index is 7.22. The molecule has 0 aromatic heterocycles. The molecular weight excluding hydrogens is 138 g/mol. The molecule has 0 amide bonds. The molecule has 1 N–H and O–H groups in total. The quantitative estimate of drug-likeness (QED) is 0.435. The molecule has 0 aromatic rings. The predicted octanol–water partition coefficient (Wildman–Crippen LogP) is 1.65. The summed E-state index contributed by atoms with van der Waals surface area (Å²) in [7, 11) is 0. The summed E-state index contributed by atoms with van der Waals surface area (Å²) in [4.78, 5) is 0. The monoisotopic (exact) mass is 150 g/mol. The van der Waals surface area contributed by atoms with E-state index in [9.17, 15) is 0 Å². The Morgan fingerprint density at radius 1 is 1.18 bits per heavy atom. The average Bonchev–Trinajstić information content (AvgIpc) is 1.93. The fourth-order valence-corrected chi connectivity index (χ4v) is 0.806. The number of hydrogen-bond acceptors (Lipinski definition) is 1. The van der Waals surface area contributed by atoms with Crippen LogP contribution in [0.3, 0.4) is 0 Å². The molecule has 1 rings (SSSR count). The van der Waals surface area contributed by atoms with Crippen molar-refractivity contribution in [2.24, 2.45) is 0 Å². The molecule has 0 spiro atoms. The molecule has 0 atom stereocenters. The molecule has 2 heteroatoms. The summed E-state index contributed by atoms with van der Waals surface area (Å²) in [6.07, 6.45) is 7.26. The smallest absolute Gasteiger partial charge is 0.301 e. The predicted molar refractivity (Wildman–Crippen MR) is 46.1 cm³/mol. The van der Waals surface area contributed by atoms with E-state index in [1.54, 1.807) is 12.2 Å². The van der Waals surface area contributed by atoms with E-state index in [1.165, 1.54) is 0 Å². The first-order chi connectivity index (χ1) is 5.18. The van der Waals surface area contributed by atoms with Crippen molar-refractivity contribution in [3.8, 4) is 0 Å². The van der Waals surface area contributed by atoms with Crippen molar-refractivity contribution in [3.63, 3.8) is 0 Å². The van der Waals surface area contributed by atoms with Gasteiger partial charge in [-0.25, -0.2) is 0 Å². The van der Waals surface area contributed by atoms with Gasteiger partial charge in [0, 0.05) is 26.0 Å². The van der Waals surface area contributed by atoms with Crippen LogP contribution < -0.4 is 0 Å². The Kier molecular flexibility index (Phi) is 2.36. The highest BCUT2D eigenvalue weighted by Gasteiger charge is 2.09. The highest BCUT2D eigenvalue weighted by molar-refractivity contribution is 6.15. The topological polar surface area (TPSA) is 35.2 Å². The third kappa shape index (κ3) is 2.50. The molecule has 0 saturated heterocycles. The molecule has 1 aliphatic rings. The Labute approximate surface area is 66.4 Å². The van der Waals surface area contributed by atoms with Crippen LogP contribution in [-0.4, -0.2) is 17.6 Å². The molecule has 0 saturated carbocycles. The Balaban J connectivity index is 2.72. The van der Waals surface area contributed by atoms with Crippen LogP contribution in [0.5, 0.6) is 0 Å². The van der Waals surface area contributed by atoms with Gasteiger partial charge in [0.15, 0.2) is 0 Å². The van der Waals surface area contributed by atoms with E-state index < -0.39 is 0 Å². The van der Waals surface area contributed by atoms with E-state index in [-0.39, 0.29) is 6.10 Å². The average molecular weight is 150 g/mol. The van der Waals surface area contributed by atoms with Gasteiger partial charge in [0.05, 0.1) is 5.71 Å². The minimum Gasteiger partial charge on any atom is -0.301 e. The maximum Gasteiger partial charge on any atom is 0.344 e. The molecule has 0 bridgehead atoms. The SMILES string of the molecule is CC(C)[O+]=C1C=CC(=N)C=C1. The first-order valence-corrected chi connectivity index (χ1v) is 3.67. The lowest BCUT2D eigenvalue weighted by molar-refractivity contribution is -0.491. The van der Waals surface area contributed by atoms with Gasteiger partial charge in [-0.15, -0.1) is 0 Å². The van der Waals surface area contributed by atoms with Crippen molar-refractivity contribution < 1.29 is 4.42 Å². The van der Waals surface area contributed by atoms with E-state index >= 15 is 0 Å². The largest absolute Gasteiger partial charge is 0.344 e. The van der Waals surface area contributed by atoms with Crippen LogP contribution in [0.15, 0.2) is 24.3 Å². The lowest BCUT2D eigenvalue weighted by Crippen LogP contribution is -2.06. The number of carbonyl (C=O) groups excluding carboxylic acids is 1.